The Labute approximate surface area is 321 Å². The lowest BCUT2D eigenvalue weighted by Crippen LogP contribution is -2.41. The molecule has 0 spiro atoms. The highest BCUT2D eigenvalue weighted by atomic mass is 19.3. The van der Waals surface area contributed by atoms with Gasteiger partial charge in [0, 0.05) is 66.0 Å². The van der Waals surface area contributed by atoms with E-state index < -0.39 is 12.9 Å². The molecule has 0 radical (unpaired) electrons. The molecule has 3 aromatic heterocycles. The Morgan fingerprint density at radius 2 is 1.41 bits per heavy atom. The lowest BCUT2D eigenvalue weighted by Gasteiger charge is -2.32. The minimum absolute atomic E-state index is 0.0444. The van der Waals surface area contributed by atoms with Gasteiger partial charge in [0.15, 0.2) is 5.82 Å². The topological polar surface area (TPSA) is 110 Å². The summed E-state index contributed by atoms with van der Waals surface area (Å²) in [5.41, 5.74) is 6.02. The molecule has 3 aromatic rings. The number of urea groups is 1. The largest absolute Gasteiger partial charge is 0.393 e. The molecule has 2 aliphatic heterocycles. The zero-order chi connectivity index (χ0) is 41.0. The Bertz CT molecular complexity index is 1520. The molecule has 5 heterocycles. The highest BCUT2D eigenvalue weighted by Crippen LogP contribution is 2.38. The molecule has 54 heavy (non-hydrogen) atoms. The minimum atomic E-state index is -2.57. The number of anilines is 2. The number of nitrogens with zero attached hydrogens (tertiary/aromatic N) is 5. The molecule has 1 fully saturated rings. The van der Waals surface area contributed by atoms with Crippen LogP contribution >= 0.6 is 0 Å². The monoisotopic (exact) mass is 766 g/mol. The van der Waals surface area contributed by atoms with E-state index in [4.69, 9.17) is 5.11 Å². The normalized spacial score (nSPS) is 14.6. The fourth-order valence-electron chi connectivity index (χ4n) is 6.12. The molecule has 3 aliphatic rings. The summed E-state index contributed by atoms with van der Waals surface area (Å²) >= 11 is 0. The number of hydrogen-bond acceptors (Lipinski definition) is 6. The van der Waals surface area contributed by atoms with Crippen molar-refractivity contribution in [3.63, 3.8) is 0 Å². The van der Waals surface area contributed by atoms with Crippen LogP contribution in [0.15, 0.2) is 12.1 Å². The van der Waals surface area contributed by atoms with Crippen LogP contribution in [0.5, 0.6) is 0 Å². The number of hydrogen-bond donors (Lipinski definition) is 3. The first kappa shape index (κ1) is 48.3. The smallest absolute Gasteiger partial charge is 0.317 e. The van der Waals surface area contributed by atoms with E-state index in [2.05, 4.69) is 25.5 Å². The summed E-state index contributed by atoms with van der Waals surface area (Å²) in [5.74, 6) is 0.699. The number of amides is 2. The predicted octanol–water partition coefficient (Wildman–Crippen LogP) is 10.8. The molecule has 1 saturated carbocycles. The lowest BCUT2D eigenvalue weighted by atomic mass is 10.0. The van der Waals surface area contributed by atoms with E-state index >= 15 is 0 Å². The molecule has 0 saturated heterocycles. The maximum Gasteiger partial charge on any atom is 0.317 e. The summed E-state index contributed by atoms with van der Waals surface area (Å²) in [5, 5.41) is 18.5. The predicted molar refractivity (Wildman–Crippen MR) is 212 cm³/mol. The summed E-state index contributed by atoms with van der Waals surface area (Å²) < 4.78 is 51.6. The minimum Gasteiger partial charge on any atom is -0.393 e. The van der Waals surface area contributed by atoms with E-state index in [0.717, 1.165) is 53.9 Å². The number of aliphatic hydroxyl groups is 1. The van der Waals surface area contributed by atoms with E-state index in [9.17, 15) is 22.4 Å². The van der Waals surface area contributed by atoms with E-state index in [1.54, 1.807) is 38.8 Å². The van der Waals surface area contributed by atoms with Crippen molar-refractivity contribution in [2.45, 2.75) is 159 Å². The molecule has 3 N–H and O–H groups in total. The van der Waals surface area contributed by atoms with Crippen LogP contribution in [0.1, 0.15) is 157 Å². The standard InChI is InChI=1S/C18H22F2N6O.C10H13F2N.C5H10.C4H10O.2C2H6/c1-10-11(16(19)20)8-15-14(22-10)4-3-6-26(15)17-12-9-25(18(27)21-2)7-5-13(12)23-24-17;1-4-9-6(2)5-8(10(11)12)7(3)13-9;1-2-4-5-3-1;1-3-4(2)5;2*1-2/h8,16H,3-7,9H2,1-2H3,(H,21,27)(H,23,24);5,10H,4H2,1-3H3;1-5H2;4-5H,3H2,1-2H3;2*1-2H3. The van der Waals surface area contributed by atoms with Gasteiger partial charge < -0.3 is 20.2 Å². The van der Waals surface area contributed by atoms with Crippen molar-refractivity contribution >= 4 is 17.5 Å². The molecule has 2 amide bonds. The average Bonchev–Trinajstić information content (AvgIpc) is 3.91. The van der Waals surface area contributed by atoms with Crippen LogP contribution in [-0.4, -0.2) is 62.4 Å². The third-order valence-electron chi connectivity index (χ3n) is 9.26. The molecule has 13 heteroatoms. The van der Waals surface area contributed by atoms with Crippen molar-refractivity contribution in [1.82, 2.24) is 30.4 Å². The van der Waals surface area contributed by atoms with Gasteiger partial charge in [0.25, 0.3) is 12.9 Å². The summed E-state index contributed by atoms with van der Waals surface area (Å²) in [6, 6.07) is 2.94. The molecular weight excluding hydrogens is 698 g/mol. The average molecular weight is 766 g/mol. The number of alkyl halides is 4. The third kappa shape index (κ3) is 14.2. The van der Waals surface area contributed by atoms with Gasteiger partial charge in [-0.2, -0.15) is 5.10 Å². The first-order chi connectivity index (χ1) is 25.8. The third-order valence-corrected chi connectivity index (χ3v) is 9.26. The van der Waals surface area contributed by atoms with Gasteiger partial charge in [-0.15, -0.1) is 0 Å². The summed E-state index contributed by atoms with van der Waals surface area (Å²) in [6.45, 7) is 20.5. The molecule has 1 atom stereocenters. The molecule has 306 valence electrons. The number of fused-ring (bicyclic) bond motifs is 2. The number of aliphatic hydroxyl groups excluding tert-OH is 1. The number of carbonyl (C=O) groups is 1. The SMILES string of the molecule is C1CCCC1.CC.CC.CCC(C)O.CCc1nc(C)c(C(F)F)cc1C.CNC(=O)N1CCc2[nH]nc(N3CCCc4nc(C)c(C(F)F)cc43)c2C1. The van der Waals surface area contributed by atoms with Crippen LogP contribution in [0.25, 0.3) is 0 Å². The number of aromatic amines is 1. The van der Waals surface area contributed by atoms with Crippen molar-refractivity contribution in [2.75, 3.05) is 25.0 Å². The quantitative estimate of drug-likeness (QED) is 0.223. The van der Waals surface area contributed by atoms with Gasteiger partial charge in [-0.25, -0.2) is 22.4 Å². The van der Waals surface area contributed by atoms with Crippen molar-refractivity contribution in [3.05, 3.63) is 62.9 Å². The number of nitrogens with one attached hydrogen (secondary N) is 2. The number of rotatable bonds is 5. The van der Waals surface area contributed by atoms with Crippen LogP contribution in [0.2, 0.25) is 0 Å². The van der Waals surface area contributed by atoms with Crippen LogP contribution in [0, 0.1) is 20.8 Å². The van der Waals surface area contributed by atoms with E-state index in [1.807, 2.05) is 53.4 Å². The second kappa shape index (κ2) is 25.4. The number of aryl methyl sites for hydroxylation is 5. The summed E-state index contributed by atoms with van der Waals surface area (Å²) in [6.07, 6.45) is 6.36. The molecular formula is C41H67F4N7O2. The first-order valence-electron chi connectivity index (χ1n) is 19.8. The van der Waals surface area contributed by atoms with Crippen molar-refractivity contribution in [3.8, 4) is 0 Å². The zero-order valence-corrected chi connectivity index (χ0v) is 34.7. The summed E-state index contributed by atoms with van der Waals surface area (Å²) in [4.78, 5) is 24.3. The van der Waals surface area contributed by atoms with Crippen molar-refractivity contribution in [2.24, 2.45) is 0 Å². The van der Waals surface area contributed by atoms with Crippen LogP contribution in [0.3, 0.4) is 0 Å². The Morgan fingerprint density at radius 1 is 0.870 bits per heavy atom. The fraction of sp³-hybridized carbons (Fsp3) is 0.659. The van der Waals surface area contributed by atoms with Crippen molar-refractivity contribution in [1.29, 1.82) is 0 Å². The van der Waals surface area contributed by atoms with Gasteiger partial charge in [-0.3, -0.25) is 15.1 Å². The molecule has 6 rings (SSSR count). The number of halogens is 4. The van der Waals surface area contributed by atoms with Crippen LogP contribution in [-0.2, 0) is 25.8 Å². The number of H-pyrrole nitrogens is 1. The molecule has 0 aromatic carbocycles. The highest BCUT2D eigenvalue weighted by molar-refractivity contribution is 5.75. The van der Waals surface area contributed by atoms with Crippen LogP contribution in [0.4, 0.5) is 33.9 Å². The molecule has 1 aliphatic carbocycles. The number of aromatic nitrogens is 4. The number of carbonyl (C=O) groups excluding carboxylic acids is 1. The molecule has 0 bridgehead atoms. The maximum absolute atomic E-state index is 13.4. The Hall–Kier alpha value is -3.74. The van der Waals surface area contributed by atoms with Gasteiger partial charge in [-0.1, -0.05) is 73.6 Å². The van der Waals surface area contributed by atoms with E-state index in [1.165, 1.54) is 38.2 Å². The highest BCUT2D eigenvalue weighted by Gasteiger charge is 2.31. The zero-order valence-electron chi connectivity index (χ0n) is 34.7. The second-order valence-corrected chi connectivity index (χ2v) is 13.0. The Kier molecular flexibility index (Phi) is 22.7. The van der Waals surface area contributed by atoms with E-state index in [0.29, 0.717) is 48.9 Å². The van der Waals surface area contributed by atoms with Gasteiger partial charge in [0.2, 0.25) is 0 Å². The summed E-state index contributed by atoms with van der Waals surface area (Å²) in [7, 11) is 1.61. The van der Waals surface area contributed by atoms with Gasteiger partial charge >= 0.3 is 6.03 Å². The molecule has 1 unspecified atom stereocenters. The lowest BCUT2D eigenvalue weighted by molar-refractivity contribution is 0.149. The number of pyridine rings is 2. The van der Waals surface area contributed by atoms with E-state index in [-0.39, 0.29) is 23.3 Å². The van der Waals surface area contributed by atoms with Gasteiger partial charge in [0.1, 0.15) is 0 Å². The second-order valence-electron chi connectivity index (χ2n) is 13.0. The van der Waals surface area contributed by atoms with Gasteiger partial charge in [-0.05, 0) is 71.1 Å². The van der Waals surface area contributed by atoms with Crippen molar-refractivity contribution < 1.29 is 27.5 Å². The maximum atomic E-state index is 13.4. The van der Waals surface area contributed by atoms with Crippen LogP contribution < -0.4 is 10.2 Å². The fourth-order valence-corrected chi connectivity index (χ4v) is 6.12. The Balaban J connectivity index is 0.000000446. The first-order valence-corrected chi connectivity index (χ1v) is 19.8. The van der Waals surface area contributed by atoms with Gasteiger partial charge in [0.05, 0.1) is 24.0 Å². The Morgan fingerprint density at radius 3 is 1.91 bits per heavy atom. The molecule has 9 nitrogen and oxygen atoms in total.